The highest BCUT2D eigenvalue weighted by Gasteiger charge is 2.26. The molecule has 0 radical (unpaired) electrons. The van der Waals surface area contributed by atoms with Gasteiger partial charge in [-0.25, -0.2) is 0 Å². The van der Waals surface area contributed by atoms with Crippen LogP contribution < -0.4 is 0 Å². The summed E-state index contributed by atoms with van der Waals surface area (Å²) in [5.74, 6) is -0.211. The summed E-state index contributed by atoms with van der Waals surface area (Å²) in [6, 6.07) is 17.8. The van der Waals surface area contributed by atoms with Crippen molar-refractivity contribution >= 4 is 11.7 Å². The first-order chi connectivity index (χ1) is 9.61. The number of hydrogen-bond donors (Lipinski definition) is 0. The fourth-order valence-electron chi connectivity index (χ4n) is 2.27. The van der Waals surface area contributed by atoms with Crippen LogP contribution in [0.4, 0.5) is 0 Å². The van der Waals surface area contributed by atoms with Crippen molar-refractivity contribution < 1.29 is 9.59 Å². The van der Waals surface area contributed by atoms with E-state index < -0.39 is 6.04 Å². The molecule has 2 aromatic carbocycles. The molecule has 0 aliphatic rings. The van der Waals surface area contributed by atoms with E-state index in [1.165, 1.54) is 11.8 Å². The van der Waals surface area contributed by atoms with Crippen LogP contribution in [-0.2, 0) is 4.79 Å². The minimum absolute atomic E-state index is 0.0528. The largest absolute Gasteiger partial charge is 0.328 e. The molecule has 2 aromatic rings. The Bertz CT molecular complexity index is 593. The quantitative estimate of drug-likeness (QED) is 0.853. The number of nitrogens with zero attached hydrogens (tertiary/aromatic N) is 1. The Morgan fingerprint density at radius 1 is 0.900 bits per heavy atom. The zero-order valence-corrected chi connectivity index (χ0v) is 11.6. The zero-order chi connectivity index (χ0) is 14.5. The molecule has 0 N–H and O–H groups in total. The Hall–Kier alpha value is -2.42. The minimum atomic E-state index is -0.552. The summed E-state index contributed by atoms with van der Waals surface area (Å²) in [5, 5.41) is 0. The third kappa shape index (κ3) is 2.94. The topological polar surface area (TPSA) is 37.4 Å². The van der Waals surface area contributed by atoms with Crippen LogP contribution in [0.1, 0.15) is 28.9 Å². The van der Waals surface area contributed by atoms with Gasteiger partial charge in [-0.1, -0.05) is 48.5 Å². The van der Waals surface area contributed by atoms with Gasteiger partial charge in [0.05, 0.1) is 0 Å². The van der Waals surface area contributed by atoms with E-state index in [1.54, 1.807) is 19.2 Å². The smallest absolute Gasteiger partial charge is 0.254 e. The Kier molecular flexibility index (Phi) is 4.31. The van der Waals surface area contributed by atoms with Crippen LogP contribution in [0.2, 0.25) is 0 Å². The summed E-state index contributed by atoms with van der Waals surface area (Å²) in [6.07, 6.45) is 0. The summed E-state index contributed by atoms with van der Waals surface area (Å²) < 4.78 is 0. The Morgan fingerprint density at radius 2 is 1.40 bits per heavy atom. The lowest BCUT2D eigenvalue weighted by molar-refractivity contribution is -0.121. The molecule has 1 atom stereocenters. The van der Waals surface area contributed by atoms with E-state index in [2.05, 4.69) is 0 Å². The van der Waals surface area contributed by atoms with Gasteiger partial charge in [0.2, 0.25) is 0 Å². The molecule has 0 saturated carbocycles. The van der Waals surface area contributed by atoms with E-state index >= 15 is 0 Å². The van der Waals surface area contributed by atoms with Gasteiger partial charge in [0.25, 0.3) is 5.91 Å². The van der Waals surface area contributed by atoms with Gasteiger partial charge < -0.3 is 4.90 Å². The van der Waals surface area contributed by atoms with Gasteiger partial charge in [-0.3, -0.25) is 9.59 Å². The molecule has 0 heterocycles. The summed E-state index contributed by atoms with van der Waals surface area (Å²) in [5.41, 5.74) is 1.41. The van der Waals surface area contributed by atoms with Crippen molar-refractivity contribution in [1.82, 2.24) is 4.90 Å². The van der Waals surface area contributed by atoms with Crippen molar-refractivity contribution in [3.63, 3.8) is 0 Å². The fraction of sp³-hybridized carbons (Fsp3) is 0.176. The summed E-state index contributed by atoms with van der Waals surface area (Å²) in [6.45, 7) is 1.51. The van der Waals surface area contributed by atoms with Gasteiger partial charge in [0, 0.05) is 12.6 Å². The van der Waals surface area contributed by atoms with Crippen LogP contribution in [0, 0.1) is 0 Å². The molecule has 0 unspecified atom stereocenters. The van der Waals surface area contributed by atoms with Gasteiger partial charge in [0.1, 0.15) is 6.04 Å². The highest BCUT2D eigenvalue weighted by atomic mass is 16.2. The first-order valence-electron chi connectivity index (χ1n) is 6.49. The molecule has 0 aliphatic carbocycles. The average molecular weight is 267 g/mol. The molecule has 1 amide bonds. The van der Waals surface area contributed by atoms with Crippen molar-refractivity contribution in [2.45, 2.75) is 13.0 Å². The van der Waals surface area contributed by atoms with Crippen molar-refractivity contribution in [3.8, 4) is 0 Å². The fourth-order valence-corrected chi connectivity index (χ4v) is 2.27. The molecule has 0 saturated heterocycles. The Morgan fingerprint density at radius 3 is 1.90 bits per heavy atom. The van der Waals surface area contributed by atoms with Crippen molar-refractivity contribution in [2.24, 2.45) is 0 Å². The molecule has 102 valence electrons. The van der Waals surface area contributed by atoms with E-state index in [4.69, 9.17) is 0 Å². The van der Waals surface area contributed by atoms with E-state index in [-0.39, 0.29) is 11.7 Å². The Labute approximate surface area is 118 Å². The van der Waals surface area contributed by atoms with Crippen molar-refractivity contribution in [1.29, 1.82) is 0 Å². The highest BCUT2D eigenvalue weighted by Crippen LogP contribution is 2.22. The first kappa shape index (κ1) is 14.0. The second kappa shape index (κ2) is 6.15. The molecular weight excluding hydrogens is 250 g/mol. The predicted molar refractivity (Wildman–Crippen MR) is 78.4 cm³/mol. The maximum Gasteiger partial charge on any atom is 0.254 e. The number of Topliss-reactive ketones (excluding diaryl/α,β-unsaturated/α-hetero) is 1. The minimum Gasteiger partial charge on any atom is -0.328 e. The van der Waals surface area contributed by atoms with Gasteiger partial charge in [-0.2, -0.15) is 0 Å². The number of amides is 1. The molecule has 0 fully saturated rings. The lowest BCUT2D eigenvalue weighted by Gasteiger charge is -2.26. The number of hydrogen-bond acceptors (Lipinski definition) is 2. The van der Waals surface area contributed by atoms with Crippen LogP contribution in [0.3, 0.4) is 0 Å². The number of carbonyl (C=O) groups is 2. The van der Waals surface area contributed by atoms with Crippen molar-refractivity contribution in [2.75, 3.05) is 7.05 Å². The summed E-state index contributed by atoms with van der Waals surface area (Å²) in [4.78, 5) is 25.9. The molecule has 3 heteroatoms. The van der Waals surface area contributed by atoms with Gasteiger partial charge in [0.15, 0.2) is 5.78 Å². The third-order valence-corrected chi connectivity index (χ3v) is 3.23. The van der Waals surface area contributed by atoms with Crippen LogP contribution in [0.25, 0.3) is 0 Å². The number of benzene rings is 2. The second-order valence-corrected chi connectivity index (χ2v) is 4.71. The monoisotopic (exact) mass is 267 g/mol. The average Bonchev–Trinajstić information content (AvgIpc) is 2.48. The maximum atomic E-state index is 12.4. The molecule has 0 aromatic heterocycles. The normalized spacial score (nSPS) is 11.7. The third-order valence-electron chi connectivity index (χ3n) is 3.23. The van der Waals surface area contributed by atoms with E-state index in [9.17, 15) is 9.59 Å². The molecule has 2 rings (SSSR count). The Balaban J connectivity index is 2.31. The number of ketones is 1. The van der Waals surface area contributed by atoms with Crippen LogP contribution in [-0.4, -0.2) is 23.6 Å². The predicted octanol–water partition coefficient (Wildman–Crippen LogP) is 3.09. The van der Waals surface area contributed by atoms with E-state index in [0.717, 1.165) is 5.56 Å². The van der Waals surface area contributed by atoms with Crippen LogP contribution in [0.15, 0.2) is 60.7 Å². The molecule has 3 nitrogen and oxygen atoms in total. The molecular formula is C17H17NO2. The second-order valence-electron chi connectivity index (χ2n) is 4.71. The van der Waals surface area contributed by atoms with Crippen LogP contribution in [0.5, 0.6) is 0 Å². The standard InChI is InChI=1S/C17H17NO2/c1-13(19)16(14-9-5-3-6-10-14)18(2)17(20)15-11-7-4-8-12-15/h3-12,16H,1-2H3/t16-/m1/s1. The summed E-state index contributed by atoms with van der Waals surface area (Å²) >= 11 is 0. The number of likely N-dealkylation sites (N-methyl/N-ethyl adjacent to an activating group) is 1. The van der Waals surface area contributed by atoms with E-state index in [1.807, 2.05) is 48.5 Å². The zero-order valence-electron chi connectivity index (χ0n) is 11.6. The lowest BCUT2D eigenvalue weighted by Crippen LogP contribution is -2.35. The number of carbonyl (C=O) groups excluding carboxylic acids is 2. The molecule has 0 bridgehead atoms. The molecule has 20 heavy (non-hydrogen) atoms. The highest BCUT2D eigenvalue weighted by molar-refractivity contribution is 5.97. The lowest BCUT2D eigenvalue weighted by atomic mass is 10.0. The number of rotatable bonds is 4. The van der Waals surface area contributed by atoms with Crippen molar-refractivity contribution in [3.05, 3.63) is 71.8 Å². The SMILES string of the molecule is CC(=O)[C@H](c1ccccc1)N(C)C(=O)c1ccccc1. The van der Waals surface area contributed by atoms with Gasteiger partial charge in [-0.15, -0.1) is 0 Å². The summed E-state index contributed by atoms with van der Waals surface area (Å²) in [7, 11) is 1.66. The molecule has 0 aliphatic heterocycles. The van der Waals surface area contributed by atoms with E-state index in [0.29, 0.717) is 5.56 Å². The van der Waals surface area contributed by atoms with Gasteiger partial charge in [-0.05, 0) is 24.6 Å². The molecule has 0 spiro atoms. The van der Waals surface area contributed by atoms with Gasteiger partial charge >= 0.3 is 0 Å². The maximum absolute atomic E-state index is 12.4. The first-order valence-corrected chi connectivity index (χ1v) is 6.49. The van der Waals surface area contributed by atoms with Crippen LogP contribution >= 0.6 is 0 Å².